The third kappa shape index (κ3) is 3.09. The number of nitrogens with two attached hydrogens (primary N) is 1. The van der Waals surface area contributed by atoms with Crippen LogP contribution >= 0.6 is 0 Å². The molecule has 3 nitrogen and oxygen atoms in total. The van der Waals surface area contributed by atoms with Crippen LogP contribution in [0.5, 0.6) is 0 Å². The van der Waals surface area contributed by atoms with Crippen LogP contribution in [0.4, 0.5) is 8.78 Å². The third-order valence-electron chi connectivity index (χ3n) is 2.66. The molecule has 0 aliphatic carbocycles. The summed E-state index contributed by atoms with van der Waals surface area (Å²) in [5.41, 5.74) is 3.99. The fourth-order valence-corrected chi connectivity index (χ4v) is 1.79. The van der Waals surface area contributed by atoms with E-state index in [2.05, 4.69) is 10.4 Å². The molecule has 1 unspecified atom stereocenters. The highest BCUT2D eigenvalue weighted by molar-refractivity contribution is 5.22. The molecule has 1 heterocycles. The van der Waals surface area contributed by atoms with Gasteiger partial charge in [-0.15, -0.1) is 0 Å². The van der Waals surface area contributed by atoms with E-state index in [1.807, 2.05) is 0 Å². The van der Waals surface area contributed by atoms with E-state index in [0.717, 1.165) is 11.8 Å². The lowest BCUT2D eigenvalue weighted by atomic mass is 10.0. The summed E-state index contributed by atoms with van der Waals surface area (Å²) in [4.78, 5) is 3.77. The maximum absolute atomic E-state index is 13.1. The lowest BCUT2D eigenvalue weighted by Gasteiger charge is -2.16. The van der Waals surface area contributed by atoms with Crippen molar-refractivity contribution in [1.82, 2.24) is 10.4 Å². The molecule has 3 N–H and O–H groups in total. The first-order chi connectivity index (χ1) is 8.69. The van der Waals surface area contributed by atoms with Crippen LogP contribution in [-0.4, -0.2) is 4.98 Å². The van der Waals surface area contributed by atoms with E-state index in [1.54, 1.807) is 12.1 Å². The van der Waals surface area contributed by atoms with E-state index >= 15 is 0 Å². The molecule has 2 rings (SSSR count). The highest BCUT2D eigenvalue weighted by Crippen LogP contribution is 2.18. The number of nitrogens with one attached hydrogen (secondary N) is 1. The standard InChI is InChI=1S/C13H13F2N3/c14-11-3-1-2-9(4-11)5-13(18-16)10-6-12(15)8-17-7-10/h1-4,6-8,13,18H,5,16H2. The molecule has 0 aliphatic heterocycles. The Bertz CT molecular complexity index is 531. The van der Waals surface area contributed by atoms with E-state index in [4.69, 9.17) is 5.84 Å². The van der Waals surface area contributed by atoms with E-state index in [1.165, 1.54) is 24.4 Å². The zero-order valence-electron chi connectivity index (χ0n) is 9.61. The average molecular weight is 249 g/mol. The number of hydrazine groups is 1. The van der Waals surface area contributed by atoms with Gasteiger partial charge in [0.15, 0.2) is 0 Å². The Kier molecular flexibility index (Phi) is 3.96. The fourth-order valence-electron chi connectivity index (χ4n) is 1.79. The molecule has 0 bridgehead atoms. The van der Waals surface area contributed by atoms with Gasteiger partial charge >= 0.3 is 0 Å². The second-order valence-electron chi connectivity index (χ2n) is 3.99. The van der Waals surface area contributed by atoms with Gasteiger partial charge in [0.1, 0.15) is 11.6 Å². The summed E-state index contributed by atoms with van der Waals surface area (Å²) >= 11 is 0. The summed E-state index contributed by atoms with van der Waals surface area (Å²) in [5, 5.41) is 0. The molecule has 2 aromatic rings. The number of benzene rings is 1. The largest absolute Gasteiger partial charge is 0.271 e. The van der Waals surface area contributed by atoms with Gasteiger partial charge in [0.2, 0.25) is 0 Å². The summed E-state index contributed by atoms with van der Waals surface area (Å²) in [6, 6.07) is 7.27. The topological polar surface area (TPSA) is 50.9 Å². The number of halogens is 2. The maximum Gasteiger partial charge on any atom is 0.141 e. The number of hydrogen-bond acceptors (Lipinski definition) is 3. The summed E-state index contributed by atoms with van der Waals surface area (Å²) in [7, 11) is 0. The molecule has 0 fully saturated rings. The highest BCUT2D eigenvalue weighted by atomic mass is 19.1. The maximum atomic E-state index is 13.1. The van der Waals surface area contributed by atoms with Gasteiger partial charge in [0, 0.05) is 6.20 Å². The van der Waals surface area contributed by atoms with Crippen molar-refractivity contribution in [2.45, 2.75) is 12.5 Å². The van der Waals surface area contributed by atoms with Crippen molar-refractivity contribution in [3.05, 3.63) is 65.5 Å². The Morgan fingerprint density at radius 2 is 2.00 bits per heavy atom. The van der Waals surface area contributed by atoms with Crippen LogP contribution in [0.25, 0.3) is 0 Å². The first kappa shape index (κ1) is 12.6. The van der Waals surface area contributed by atoms with Gasteiger partial charge in [-0.3, -0.25) is 16.3 Å². The van der Waals surface area contributed by atoms with Gasteiger partial charge < -0.3 is 0 Å². The molecule has 18 heavy (non-hydrogen) atoms. The van der Waals surface area contributed by atoms with Gasteiger partial charge in [-0.05, 0) is 35.7 Å². The summed E-state index contributed by atoms with van der Waals surface area (Å²) in [6.45, 7) is 0. The molecule has 0 amide bonds. The fraction of sp³-hybridized carbons (Fsp3) is 0.154. The number of pyridine rings is 1. The van der Waals surface area contributed by atoms with Gasteiger partial charge in [0.05, 0.1) is 12.2 Å². The summed E-state index contributed by atoms with van der Waals surface area (Å²) < 4.78 is 26.1. The number of aromatic nitrogens is 1. The monoisotopic (exact) mass is 249 g/mol. The third-order valence-corrected chi connectivity index (χ3v) is 2.66. The molecule has 0 saturated heterocycles. The molecular weight excluding hydrogens is 236 g/mol. The van der Waals surface area contributed by atoms with Crippen molar-refractivity contribution in [3.63, 3.8) is 0 Å². The van der Waals surface area contributed by atoms with Crippen LogP contribution in [0.1, 0.15) is 17.2 Å². The van der Waals surface area contributed by atoms with Gasteiger partial charge in [-0.2, -0.15) is 0 Å². The predicted molar refractivity (Wildman–Crippen MR) is 64.4 cm³/mol. The summed E-state index contributed by atoms with van der Waals surface area (Å²) in [5.74, 6) is 4.72. The minimum Gasteiger partial charge on any atom is -0.271 e. The van der Waals surface area contributed by atoms with Gasteiger partial charge in [-0.25, -0.2) is 8.78 Å². The molecule has 0 radical (unpaired) electrons. The predicted octanol–water partition coefficient (Wildman–Crippen LogP) is 2.11. The second kappa shape index (κ2) is 5.66. The lowest BCUT2D eigenvalue weighted by Crippen LogP contribution is -2.29. The van der Waals surface area contributed by atoms with Crippen molar-refractivity contribution in [3.8, 4) is 0 Å². The Morgan fingerprint density at radius 3 is 2.67 bits per heavy atom. The second-order valence-corrected chi connectivity index (χ2v) is 3.99. The number of hydrogen-bond donors (Lipinski definition) is 2. The van der Waals surface area contributed by atoms with Crippen molar-refractivity contribution in [2.75, 3.05) is 0 Å². The van der Waals surface area contributed by atoms with Crippen LogP contribution in [0.15, 0.2) is 42.7 Å². The Balaban J connectivity index is 2.19. The summed E-state index contributed by atoms with van der Waals surface area (Å²) in [6.07, 6.45) is 3.12. The van der Waals surface area contributed by atoms with Crippen LogP contribution in [0, 0.1) is 11.6 Å². The van der Waals surface area contributed by atoms with E-state index in [-0.39, 0.29) is 11.9 Å². The molecule has 1 aromatic carbocycles. The van der Waals surface area contributed by atoms with Crippen LogP contribution < -0.4 is 11.3 Å². The van der Waals surface area contributed by atoms with Crippen LogP contribution in [0.2, 0.25) is 0 Å². The molecule has 1 atom stereocenters. The molecule has 0 saturated carbocycles. The molecular formula is C13H13F2N3. The van der Waals surface area contributed by atoms with Crippen molar-refractivity contribution in [1.29, 1.82) is 0 Å². The minimum atomic E-state index is -0.424. The van der Waals surface area contributed by atoms with E-state index in [9.17, 15) is 8.78 Å². The Hall–Kier alpha value is -1.85. The van der Waals surface area contributed by atoms with Crippen LogP contribution in [0.3, 0.4) is 0 Å². The van der Waals surface area contributed by atoms with Crippen molar-refractivity contribution < 1.29 is 8.78 Å². The highest BCUT2D eigenvalue weighted by Gasteiger charge is 2.12. The zero-order chi connectivity index (χ0) is 13.0. The normalized spacial score (nSPS) is 12.4. The average Bonchev–Trinajstić information content (AvgIpc) is 2.36. The lowest BCUT2D eigenvalue weighted by molar-refractivity contribution is 0.538. The molecule has 0 aliphatic rings. The molecule has 5 heteroatoms. The quantitative estimate of drug-likeness (QED) is 0.644. The van der Waals surface area contributed by atoms with Crippen molar-refractivity contribution >= 4 is 0 Å². The number of nitrogens with zero attached hydrogens (tertiary/aromatic N) is 1. The van der Waals surface area contributed by atoms with E-state index < -0.39 is 5.82 Å². The molecule has 0 spiro atoms. The first-order valence-electron chi connectivity index (χ1n) is 5.50. The van der Waals surface area contributed by atoms with E-state index in [0.29, 0.717) is 12.0 Å². The van der Waals surface area contributed by atoms with Gasteiger partial charge in [0.25, 0.3) is 0 Å². The van der Waals surface area contributed by atoms with Crippen LogP contribution in [-0.2, 0) is 6.42 Å². The Morgan fingerprint density at radius 1 is 1.17 bits per heavy atom. The first-order valence-corrected chi connectivity index (χ1v) is 5.50. The van der Waals surface area contributed by atoms with Gasteiger partial charge in [-0.1, -0.05) is 12.1 Å². The molecule has 94 valence electrons. The minimum absolute atomic E-state index is 0.305. The number of rotatable bonds is 4. The smallest absolute Gasteiger partial charge is 0.141 e. The Labute approximate surface area is 104 Å². The zero-order valence-corrected chi connectivity index (χ0v) is 9.61. The SMILES string of the molecule is NNC(Cc1cccc(F)c1)c1cncc(F)c1. The molecule has 1 aromatic heterocycles. The van der Waals surface area contributed by atoms with Crippen molar-refractivity contribution in [2.24, 2.45) is 5.84 Å².